The SMILES string of the molecule is CCN(CC)c1cccc2c1CCCC2. The van der Waals surface area contributed by atoms with Crippen LogP contribution in [0.25, 0.3) is 0 Å². The van der Waals surface area contributed by atoms with Crippen LogP contribution in [0.5, 0.6) is 0 Å². The molecule has 1 nitrogen and oxygen atoms in total. The minimum absolute atomic E-state index is 1.12. The molecule has 0 radical (unpaired) electrons. The summed E-state index contributed by atoms with van der Waals surface area (Å²) in [5, 5.41) is 0. The fourth-order valence-electron chi connectivity index (χ4n) is 2.62. The highest BCUT2D eigenvalue weighted by Crippen LogP contribution is 2.30. The Hall–Kier alpha value is -0.980. The molecular weight excluding hydrogens is 182 g/mol. The minimum atomic E-state index is 1.12. The van der Waals surface area contributed by atoms with E-state index < -0.39 is 0 Å². The number of hydrogen-bond acceptors (Lipinski definition) is 1. The molecule has 15 heavy (non-hydrogen) atoms. The Balaban J connectivity index is 2.38. The molecule has 1 aromatic carbocycles. The summed E-state index contributed by atoms with van der Waals surface area (Å²) in [5.41, 5.74) is 4.69. The summed E-state index contributed by atoms with van der Waals surface area (Å²) in [6.07, 6.45) is 5.30. The number of aryl methyl sites for hydroxylation is 1. The summed E-state index contributed by atoms with van der Waals surface area (Å²) >= 11 is 0. The molecule has 0 spiro atoms. The van der Waals surface area contributed by atoms with Gasteiger partial charge in [0.1, 0.15) is 0 Å². The third-order valence-corrected chi connectivity index (χ3v) is 3.48. The molecule has 0 amide bonds. The first-order valence-corrected chi connectivity index (χ1v) is 6.22. The normalized spacial score (nSPS) is 14.8. The molecule has 0 heterocycles. The van der Waals surface area contributed by atoms with Gasteiger partial charge in [0.2, 0.25) is 0 Å². The van der Waals surface area contributed by atoms with Gasteiger partial charge < -0.3 is 4.90 Å². The quantitative estimate of drug-likeness (QED) is 0.727. The highest BCUT2D eigenvalue weighted by molar-refractivity contribution is 5.57. The third kappa shape index (κ3) is 2.01. The van der Waals surface area contributed by atoms with E-state index in [4.69, 9.17) is 0 Å². The lowest BCUT2D eigenvalue weighted by Crippen LogP contribution is -2.24. The zero-order valence-corrected chi connectivity index (χ0v) is 9.92. The molecule has 82 valence electrons. The van der Waals surface area contributed by atoms with Crippen LogP contribution in [0.3, 0.4) is 0 Å². The fourth-order valence-corrected chi connectivity index (χ4v) is 2.62. The fraction of sp³-hybridized carbons (Fsp3) is 0.571. The van der Waals surface area contributed by atoms with Crippen molar-refractivity contribution in [3.63, 3.8) is 0 Å². The van der Waals surface area contributed by atoms with Gasteiger partial charge in [0.15, 0.2) is 0 Å². The van der Waals surface area contributed by atoms with Crippen LogP contribution in [0.2, 0.25) is 0 Å². The Morgan fingerprint density at radius 1 is 1.07 bits per heavy atom. The Kier molecular flexibility index (Phi) is 3.30. The summed E-state index contributed by atoms with van der Waals surface area (Å²) in [5.74, 6) is 0. The monoisotopic (exact) mass is 203 g/mol. The first-order chi connectivity index (χ1) is 7.36. The van der Waals surface area contributed by atoms with Gasteiger partial charge in [-0.05, 0) is 56.7 Å². The highest BCUT2D eigenvalue weighted by Gasteiger charge is 2.15. The van der Waals surface area contributed by atoms with Gasteiger partial charge >= 0.3 is 0 Å². The van der Waals surface area contributed by atoms with Crippen LogP contribution >= 0.6 is 0 Å². The Morgan fingerprint density at radius 2 is 1.80 bits per heavy atom. The Labute approximate surface area is 93.1 Å². The zero-order valence-electron chi connectivity index (χ0n) is 9.92. The van der Waals surface area contributed by atoms with E-state index in [2.05, 4.69) is 36.9 Å². The average Bonchev–Trinajstić information content (AvgIpc) is 2.31. The van der Waals surface area contributed by atoms with Crippen LogP contribution in [-0.4, -0.2) is 13.1 Å². The molecule has 0 aromatic heterocycles. The second-order valence-corrected chi connectivity index (χ2v) is 4.29. The van der Waals surface area contributed by atoms with Gasteiger partial charge in [-0.1, -0.05) is 12.1 Å². The number of hydrogen-bond donors (Lipinski definition) is 0. The van der Waals surface area contributed by atoms with Crippen molar-refractivity contribution in [2.45, 2.75) is 39.5 Å². The van der Waals surface area contributed by atoms with E-state index >= 15 is 0 Å². The van der Waals surface area contributed by atoms with E-state index in [0.29, 0.717) is 0 Å². The smallest absolute Gasteiger partial charge is 0.0401 e. The van der Waals surface area contributed by atoms with Crippen molar-refractivity contribution < 1.29 is 0 Å². The highest BCUT2D eigenvalue weighted by atomic mass is 15.1. The number of anilines is 1. The molecule has 0 saturated carbocycles. The van der Waals surface area contributed by atoms with E-state index in [-0.39, 0.29) is 0 Å². The third-order valence-electron chi connectivity index (χ3n) is 3.48. The molecule has 1 aliphatic carbocycles. The van der Waals surface area contributed by atoms with E-state index in [1.807, 2.05) is 0 Å². The van der Waals surface area contributed by atoms with Crippen LogP contribution in [0, 0.1) is 0 Å². The summed E-state index contributed by atoms with van der Waals surface area (Å²) in [7, 11) is 0. The molecule has 0 bridgehead atoms. The van der Waals surface area contributed by atoms with Gasteiger partial charge in [0, 0.05) is 18.8 Å². The standard InChI is InChI=1S/C14H21N/c1-3-15(4-2)14-11-7-9-12-8-5-6-10-13(12)14/h7,9,11H,3-6,8,10H2,1-2H3. The van der Waals surface area contributed by atoms with Crippen LogP contribution in [0.1, 0.15) is 37.8 Å². The van der Waals surface area contributed by atoms with Crippen LogP contribution in [0.15, 0.2) is 18.2 Å². The van der Waals surface area contributed by atoms with Crippen molar-refractivity contribution in [3.05, 3.63) is 29.3 Å². The van der Waals surface area contributed by atoms with Gasteiger partial charge in [-0.3, -0.25) is 0 Å². The summed E-state index contributed by atoms with van der Waals surface area (Å²) < 4.78 is 0. The predicted molar refractivity (Wildman–Crippen MR) is 66.6 cm³/mol. The number of nitrogens with zero attached hydrogens (tertiary/aromatic N) is 1. The lowest BCUT2D eigenvalue weighted by molar-refractivity contribution is 0.681. The molecule has 0 aliphatic heterocycles. The summed E-state index contributed by atoms with van der Waals surface area (Å²) in [6.45, 7) is 6.72. The van der Waals surface area contributed by atoms with Gasteiger partial charge in [-0.2, -0.15) is 0 Å². The molecule has 2 rings (SSSR count). The molecule has 0 saturated heterocycles. The van der Waals surface area contributed by atoms with Crippen LogP contribution < -0.4 is 4.90 Å². The second kappa shape index (κ2) is 4.69. The van der Waals surface area contributed by atoms with Crippen molar-refractivity contribution >= 4 is 5.69 Å². The van der Waals surface area contributed by atoms with Gasteiger partial charge in [-0.15, -0.1) is 0 Å². The van der Waals surface area contributed by atoms with Crippen molar-refractivity contribution in [1.29, 1.82) is 0 Å². The van der Waals surface area contributed by atoms with Gasteiger partial charge in [-0.25, -0.2) is 0 Å². The van der Waals surface area contributed by atoms with Crippen LogP contribution in [-0.2, 0) is 12.8 Å². The largest absolute Gasteiger partial charge is 0.372 e. The first-order valence-electron chi connectivity index (χ1n) is 6.22. The average molecular weight is 203 g/mol. The molecule has 0 unspecified atom stereocenters. The predicted octanol–water partition coefficient (Wildman–Crippen LogP) is 3.41. The maximum absolute atomic E-state index is 2.48. The molecule has 0 N–H and O–H groups in total. The van der Waals surface area contributed by atoms with E-state index in [1.54, 1.807) is 11.1 Å². The zero-order chi connectivity index (χ0) is 10.7. The number of fused-ring (bicyclic) bond motifs is 1. The Bertz CT molecular complexity index is 326. The number of benzene rings is 1. The minimum Gasteiger partial charge on any atom is -0.372 e. The molecule has 1 heteroatoms. The van der Waals surface area contributed by atoms with Crippen molar-refractivity contribution in [2.24, 2.45) is 0 Å². The maximum atomic E-state index is 2.48. The molecule has 0 fully saturated rings. The number of rotatable bonds is 3. The summed E-state index contributed by atoms with van der Waals surface area (Å²) in [6, 6.07) is 6.82. The molecule has 1 aliphatic rings. The van der Waals surface area contributed by atoms with Crippen molar-refractivity contribution in [3.8, 4) is 0 Å². The van der Waals surface area contributed by atoms with Crippen molar-refractivity contribution in [2.75, 3.05) is 18.0 Å². The maximum Gasteiger partial charge on any atom is 0.0401 e. The molecular formula is C14H21N. The van der Waals surface area contributed by atoms with E-state index in [0.717, 1.165) is 13.1 Å². The molecule has 0 atom stereocenters. The van der Waals surface area contributed by atoms with E-state index in [1.165, 1.54) is 31.4 Å². The molecule has 1 aromatic rings. The van der Waals surface area contributed by atoms with Gasteiger partial charge in [0.05, 0.1) is 0 Å². The van der Waals surface area contributed by atoms with Crippen molar-refractivity contribution in [1.82, 2.24) is 0 Å². The lowest BCUT2D eigenvalue weighted by Gasteiger charge is -2.27. The van der Waals surface area contributed by atoms with Gasteiger partial charge in [0.25, 0.3) is 0 Å². The van der Waals surface area contributed by atoms with Crippen LogP contribution in [0.4, 0.5) is 5.69 Å². The second-order valence-electron chi connectivity index (χ2n) is 4.29. The Morgan fingerprint density at radius 3 is 2.53 bits per heavy atom. The first kappa shape index (κ1) is 10.5. The topological polar surface area (TPSA) is 3.24 Å². The summed E-state index contributed by atoms with van der Waals surface area (Å²) in [4.78, 5) is 2.48. The van der Waals surface area contributed by atoms with E-state index in [9.17, 15) is 0 Å². The lowest BCUT2D eigenvalue weighted by atomic mass is 9.90.